The maximum absolute atomic E-state index is 13.8. The summed E-state index contributed by atoms with van der Waals surface area (Å²) in [5, 5.41) is 8.05. The molecule has 0 bridgehead atoms. The van der Waals surface area contributed by atoms with Gasteiger partial charge in [-0.3, -0.25) is 0 Å². The van der Waals surface area contributed by atoms with Crippen LogP contribution in [0.4, 0.5) is 4.39 Å². The second-order valence-corrected chi connectivity index (χ2v) is 8.84. The van der Waals surface area contributed by atoms with E-state index in [1.54, 1.807) is 41.2 Å². The molecule has 1 atom stereocenters. The molecule has 5 rings (SSSR count). The molecule has 2 aromatic carbocycles. The van der Waals surface area contributed by atoms with Gasteiger partial charge in [0.25, 0.3) is 0 Å². The highest BCUT2D eigenvalue weighted by atomic mass is 35.5. The lowest BCUT2D eigenvalue weighted by atomic mass is 10.2. The van der Waals surface area contributed by atoms with Crippen LogP contribution in [0.15, 0.2) is 65.8 Å². The van der Waals surface area contributed by atoms with Crippen molar-refractivity contribution in [1.29, 1.82) is 0 Å². The van der Waals surface area contributed by atoms with Gasteiger partial charge < -0.3 is 14.6 Å². The first kappa shape index (κ1) is 24.0. The standard InChI is InChI=1S/C16H13ClFN5O.C7H8O2S/c17-12-2-1-10(13(18)5-12)9-24-16-20-4-3-15(21-16)23-8-11-6-19-7-14(11)22-23;1-6-2-4-7(5-3-6)10(8)9/h1-5,8,19H,6-7,9H2;2-5H,1H3,(H,8,9). The Kier molecular flexibility index (Phi) is 7.63. The SMILES string of the molecule is Cc1ccc(S(=O)O)cc1.Fc1cc(Cl)ccc1COc1nccc(-n2cc3c(n2)CNC3)n1. The van der Waals surface area contributed by atoms with Gasteiger partial charge in [0.05, 0.1) is 10.6 Å². The number of halogens is 2. The van der Waals surface area contributed by atoms with E-state index < -0.39 is 16.9 Å². The number of benzene rings is 2. The van der Waals surface area contributed by atoms with Gasteiger partial charge in [0.2, 0.25) is 0 Å². The fourth-order valence-electron chi connectivity index (χ4n) is 3.14. The zero-order valence-corrected chi connectivity index (χ0v) is 19.7. The molecule has 1 unspecified atom stereocenters. The molecular formula is C23H21ClFN5O3S. The average Bonchev–Trinajstić information content (AvgIpc) is 3.42. The molecule has 0 fully saturated rings. The van der Waals surface area contributed by atoms with Gasteiger partial charge in [-0.2, -0.15) is 10.1 Å². The second-order valence-electron chi connectivity index (χ2n) is 7.43. The quantitative estimate of drug-likeness (QED) is 0.395. The molecule has 0 spiro atoms. The van der Waals surface area contributed by atoms with Gasteiger partial charge in [0, 0.05) is 47.7 Å². The van der Waals surface area contributed by atoms with Gasteiger partial charge in [0.15, 0.2) is 16.9 Å². The highest BCUT2D eigenvalue weighted by Gasteiger charge is 2.16. The summed E-state index contributed by atoms with van der Waals surface area (Å²) in [6.45, 7) is 3.52. The number of hydrogen-bond donors (Lipinski definition) is 2. The first-order valence-electron chi connectivity index (χ1n) is 10.2. The van der Waals surface area contributed by atoms with Crippen molar-refractivity contribution in [2.45, 2.75) is 31.5 Å². The van der Waals surface area contributed by atoms with Crippen molar-refractivity contribution in [3.8, 4) is 11.8 Å². The zero-order valence-electron chi connectivity index (χ0n) is 18.1. The lowest BCUT2D eigenvalue weighted by Crippen LogP contribution is -2.07. The fraction of sp³-hybridized carbons (Fsp3) is 0.174. The normalized spacial score (nSPS) is 13.1. The number of aryl methyl sites for hydroxylation is 1. The molecule has 1 aliphatic rings. The summed E-state index contributed by atoms with van der Waals surface area (Å²) in [5.41, 5.74) is 3.64. The molecule has 2 aromatic heterocycles. The molecule has 0 saturated heterocycles. The number of rotatable bonds is 5. The van der Waals surface area contributed by atoms with Crippen LogP contribution < -0.4 is 10.1 Å². The van der Waals surface area contributed by atoms with Crippen molar-refractivity contribution >= 4 is 22.7 Å². The van der Waals surface area contributed by atoms with Crippen molar-refractivity contribution in [1.82, 2.24) is 25.1 Å². The number of ether oxygens (including phenoxy) is 1. The van der Waals surface area contributed by atoms with Gasteiger partial charge in [-0.1, -0.05) is 35.4 Å². The van der Waals surface area contributed by atoms with E-state index in [4.69, 9.17) is 20.9 Å². The number of fused-ring (bicyclic) bond motifs is 1. The summed E-state index contributed by atoms with van der Waals surface area (Å²) in [4.78, 5) is 8.82. The van der Waals surface area contributed by atoms with Crippen molar-refractivity contribution in [2.24, 2.45) is 0 Å². The monoisotopic (exact) mass is 501 g/mol. The van der Waals surface area contributed by atoms with E-state index in [1.807, 2.05) is 25.3 Å². The molecule has 2 N–H and O–H groups in total. The largest absolute Gasteiger partial charge is 0.458 e. The molecule has 0 amide bonds. The van der Waals surface area contributed by atoms with Gasteiger partial charge in [-0.15, -0.1) is 0 Å². The Hall–Kier alpha value is -3.18. The third-order valence-electron chi connectivity index (χ3n) is 4.93. The van der Waals surface area contributed by atoms with Crippen LogP contribution in [0, 0.1) is 12.7 Å². The van der Waals surface area contributed by atoms with E-state index in [9.17, 15) is 8.60 Å². The highest BCUT2D eigenvalue weighted by Crippen LogP contribution is 2.18. The number of nitrogens with zero attached hydrogens (tertiary/aromatic N) is 4. The average molecular weight is 502 g/mol. The van der Waals surface area contributed by atoms with E-state index in [0.29, 0.717) is 21.3 Å². The van der Waals surface area contributed by atoms with Crippen LogP contribution >= 0.6 is 11.6 Å². The Bertz CT molecular complexity index is 1290. The summed E-state index contributed by atoms with van der Waals surface area (Å²) in [5.74, 6) is 0.181. The Balaban J connectivity index is 0.000000231. The highest BCUT2D eigenvalue weighted by molar-refractivity contribution is 7.79. The lowest BCUT2D eigenvalue weighted by Gasteiger charge is -2.07. The van der Waals surface area contributed by atoms with Gasteiger partial charge in [-0.25, -0.2) is 18.3 Å². The van der Waals surface area contributed by atoms with Gasteiger partial charge in [-0.05, 0) is 31.2 Å². The molecule has 3 heterocycles. The molecule has 176 valence electrons. The third-order valence-corrected chi connectivity index (χ3v) is 5.84. The summed E-state index contributed by atoms with van der Waals surface area (Å²) >= 11 is 3.90. The Morgan fingerprint density at radius 2 is 2.00 bits per heavy atom. The Morgan fingerprint density at radius 1 is 1.21 bits per heavy atom. The van der Waals surface area contributed by atoms with Crippen LogP contribution in [-0.4, -0.2) is 28.5 Å². The summed E-state index contributed by atoms with van der Waals surface area (Å²) in [6.07, 6.45) is 3.52. The minimum absolute atomic E-state index is 0.0198. The zero-order chi connectivity index (χ0) is 24.1. The Labute approximate surface area is 203 Å². The van der Waals surface area contributed by atoms with E-state index in [-0.39, 0.29) is 12.6 Å². The number of hydrogen-bond acceptors (Lipinski definition) is 6. The number of aromatic nitrogens is 4. The first-order valence-corrected chi connectivity index (χ1v) is 11.7. The summed E-state index contributed by atoms with van der Waals surface area (Å²) in [7, 11) is 0. The molecule has 8 nitrogen and oxygen atoms in total. The fourth-order valence-corrected chi connectivity index (χ4v) is 3.67. The minimum atomic E-state index is -1.84. The molecule has 1 aliphatic heterocycles. The van der Waals surface area contributed by atoms with Gasteiger partial charge >= 0.3 is 6.01 Å². The molecule has 0 radical (unpaired) electrons. The van der Waals surface area contributed by atoms with E-state index in [2.05, 4.69) is 20.4 Å². The predicted octanol–water partition coefficient (Wildman–Crippen LogP) is 4.21. The van der Waals surface area contributed by atoms with Crippen molar-refractivity contribution in [3.05, 3.63) is 94.1 Å². The van der Waals surface area contributed by atoms with Crippen LogP contribution in [0.5, 0.6) is 6.01 Å². The van der Waals surface area contributed by atoms with Crippen LogP contribution in [-0.2, 0) is 30.8 Å². The lowest BCUT2D eigenvalue weighted by molar-refractivity contribution is 0.275. The van der Waals surface area contributed by atoms with Crippen LogP contribution in [0.25, 0.3) is 5.82 Å². The molecule has 11 heteroatoms. The third kappa shape index (κ3) is 6.03. The van der Waals surface area contributed by atoms with Crippen molar-refractivity contribution in [2.75, 3.05) is 0 Å². The molecular weight excluding hydrogens is 481 g/mol. The maximum Gasteiger partial charge on any atom is 0.318 e. The first-order chi connectivity index (χ1) is 16.4. The van der Waals surface area contributed by atoms with Crippen LogP contribution in [0.1, 0.15) is 22.4 Å². The van der Waals surface area contributed by atoms with E-state index >= 15 is 0 Å². The van der Waals surface area contributed by atoms with Crippen molar-refractivity contribution in [3.63, 3.8) is 0 Å². The summed E-state index contributed by atoms with van der Waals surface area (Å²) < 4.78 is 40.0. The molecule has 0 saturated carbocycles. The smallest absolute Gasteiger partial charge is 0.318 e. The topological polar surface area (TPSA) is 102 Å². The maximum atomic E-state index is 13.8. The molecule has 4 aromatic rings. The van der Waals surface area contributed by atoms with Crippen molar-refractivity contribution < 1.29 is 17.9 Å². The number of nitrogens with one attached hydrogen (secondary N) is 1. The second kappa shape index (κ2) is 10.8. The molecule has 34 heavy (non-hydrogen) atoms. The molecule has 0 aliphatic carbocycles. The van der Waals surface area contributed by atoms with Crippen LogP contribution in [0.2, 0.25) is 5.02 Å². The van der Waals surface area contributed by atoms with Gasteiger partial charge in [0.1, 0.15) is 12.4 Å². The Morgan fingerprint density at radius 3 is 2.71 bits per heavy atom. The summed E-state index contributed by atoms with van der Waals surface area (Å²) in [6, 6.07) is 13.2. The van der Waals surface area contributed by atoms with Crippen LogP contribution in [0.3, 0.4) is 0 Å². The predicted molar refractivity (Wildman–Crippen MR) is 126 cm³/mol. The van der Waals surface area contributed by atoms with E-state index in [0.717, 1.165) is 29.9 Å². The minimum Gasteiger partial charge on any atom is -0.458 e. The van der Waals surface area contributed by atoms with E-state index in [1.165, 1.54) is 6.07 Å².